The molecule has 4 rings (SSSR count). The first-order valence-corrected chi connectivity index (χ1v) is 10.6. The Morgan fingerprint density at radius 1 is 1.03 bits per heavy atom. The molecule has 1 N–H and O–H groups in total. The predicted octanol–water partition coefficient (Wildman–Crippen LogP) is 5.68. The predicted molar refractivity (Wildman–Crippen MR) is 120 cm³/mol. The molecule has 0 saturated carbocycles. The lowest BCUT2D eigenvalue weighted by molar-refractivity contribution is -0.115. The molecular formula is C23H19ClN2O2S. The topological polar surface area (TPSA) is 49.4 Å². The summed E-state index contributed by atoms with van der Waals surface area (Å²) in [5.41, 5.74) is 4.05. The number of aryl methyl sites for hydroxylation is 1. The monoisotopic (exact) mass is 422 g/mol. The molecule has 29 heavy (non-hydrogen) atoms. The minimum absolute atomic E-state index is 0.0631. The first-order valence-electron chi connectivity index (χ1n) is 9.20. The lowest BCUT2D eigenvalue weighted by atomic mass is 10.1. The van der Waals surface area contributed by atoms with Gasteiger partial charge in [-0.25, -0.2) is 0 Å². The SMILES string of the molecule is Cc1ccccc1N1C(=O)CSC1c1ccccc1NC(=O)c1ccc(Cl)cc1. The zero-order valence-corrected chi connectivity index (χ0v) is 17.3. The van der Waals surface area contributed by atoms with Crippen LogP contribution in [0.3, 0.4) is 0 Å². The van der Waals surface area contributed by atoms with Crippen molar-refractivity contribution in [1.82, 2.24) is 0 Å². The van der Waals surface area contributed by atoms with Crippen LogP contribution < -0.4 is 10.2 Å². The Balaban J connectivity index is 1.67. The van der Waals surface area contributed by atoms with Crippen LogP contribution in [-0.2, 0) is 4.79 Å². The molecule has 0 aromatic heterocycles. The van der Waals surface area contributed by atoms with Gasteiger partial charge >= 0.3 is 0 Å². The largest absolute Gasteiger partial charge is 0.322 e. The minimum atomic E-state index is -0.217. The van der Waals surface area contributed by atoms with Gasteiger partial charge in [-0.05, 0) is 48.9 Å². The van der Waals surface area contributed by atoms with Crippen LogP contribution in [0, 0.1) is 6.92 Å². The lowest BCUT2D eigenvalue weighted by Crippen LogP contribution is -2.29. The number of carbonyl (C=O) groups is 2. The number of hydrogen-bond acceptors (Lipinski definition) is 3. The molecule has 0 spiro atoms. The summed E-state index contributed by atoms with van der Waals surface area (Å²) in [7, 11) is 0. The molecule has 0 aliphatic carbocycles. The van der Waals surface area contributed by atoms with Gasteiger partial charge in [0, 0.05) is 27.5 Å². The van der Waals surface area contributed by atoms with Gasteiger partial charge in [0.25, 0.3) is 5.91 Å². The molecule has 146 valence electrons. The van der Waals surface area contributed by atoms with Gasteiger partial charge in [-0.15, -0.1) is 11.8 Å². The molecular weight excluding hydrogens is 404 g/mol. The maximum absolute atomic E-state index is 12.7. The Hall–Kier alpha value is -2.76. The van der Waals surface area contributed by atoms with Crippen molar-refractivity contribution in [1.29, 1.82) is 0 Å². The van der Waals surface area contributed by atoms with E-state index < -0.39 is 0 Å². The van der Waals surface area contributed by atoms with Crippen LogP contribution in [0.1, 0.15) is 26.9 Å². The first-order chi connectivity index (χ1) is 14.0. The van der Waals surface area contributed by atoms with Crippen LogP contribution in [-0.4, -0.2) is 17.6 Å². The third kappa shape index (κ3) is 4.02. The zero-order chi connectivity index (χ0) is 20.4. The van der Waals surface area contributed by atoms with Gasteiger partial charge in [0.15, 0.2) is 0 Å². The van der Waals surface area contributed by atoms with Gasteiger partial charge in [0.1, 0.15) is 5.37 Å². The second-order valence-corrected chi connectivity index (χ2v) is 8.27. The van der Waals surface area contributed by atoms with Crippen LogP contribution in [0.25, 0.3) is 0 Å². The van der Waals surface area contributed by atoms with Crippen molar-refractivity contribution in [2.45, 2.75) is 12.3 Å². The van der Waals surface area contributed by atoms with E-state index >= 15 is 0 Å². The van der Waals surface area contributed by atoms with Crippen molar-refractivity contribution >= 4 is 46.6 Å². The highest BCUT2D eigenvalue weighted by atomic mass is 35.5. The van der Waals surface area contributed by atoms with Crippen molar-refractivity contribution in [3.63, 3.8) is 0 Å². The van der Waals surface area contributed by atoms with Crippen LogP contribution in [0.4, 0.5) is 11.4 Å². The van der Waals surface area contributed by atoms with E-state index in [9.17, 15) is 9.59 Å². The Morgan fingerprint density at radius 3 is 2.48 bits per heavy atom. The summed E-state index contributed by atoms with van der Waals surface area (Å²) in [6.45, 7) is 2.00. The Kier molecular flexibility index (Phi) is 5.60. The summed E-state index contributed by atoms with van der Waals surface area (Å²) < 4.78 is 0. The highest BCUT2D eigenvalue weighted by molar-refractivity contribution is 8.00. The molecule has 3 aromatic carbocycles. The molecule has 2 amide bonds. The van der Waals surface area contributed by atoms with Crippen molar-refractivity contribution in [2.75, 3.05) is 16.0 Å². The van der Waals surface area contributed by atoms with Crippen LogP contribution in [0.5, 0.6) is 0 Å². The van der Waals surface area contributed by atoms with Crippen molar-refractivity contribution < 1.29 is 9.59 Å². The maximum atomic E-state index is 12.7. The standard InChI is InChI=1S/C23H19ClN2O2S/c1-15-6-2-5-9-20(15)26-21(27)14-29-23(26)18-7-3-4-8-19(18)25-22(28)16-10-12-17(24)13-11-16/h2-13,23H,14H2,1H3,(H,25,28). The number of halogens is 1. The normalized spacial score (nSPS) is 16.1. The highest BCUT2D eigenvalue weighted by Crippen LogP contribution is 2.45. The molecule has 0 radical (unpaired) electrons. The fourth-order valence-corrected chi connectivity index (χ4v) is 4.70. The molecule has 1 fully saturated rings. The van der Waals surface area contributed by atoms with E-state index in [2.05, 4.69) is 5.32 Å². The van der Waals surface area contributed by atoms with E-state index in [-0.39, 0.29) is 17.2 Å². The van der Waals surface area contributed by atoms with E-state index in [1.807, 2.05) is 60.4 Å². The van der Waals surface area contributed by atoms with Gasteiger partial charge < -0.3 is 5.32 Å². The number of rotatable bonds is 4. The number of nitrogens with one attached hydrogen (secondary N) is 1. The molecule has 1 unspecified atom stereocenters. The summed E-state index contributed by atoms with van der Waals surface area (Å²) in [5.74, 6) is 0.248. The average molecular weight is 423 g/mol. The van der Waals surface area contributed by atoms with E-state index in [4.69, 9.17) is 11.6 Å². The zero-order valence-electron chi connectivity index (χ0n) is 15.8. The van der Waals surface area contributed by atoms with E-state index in [1.54, 1.807) is 36.0 Å². The van der Waals surface area contributed by atoms with Gasteiger partial charge in [0.05, 0.1) is 5.75 Å². The summed E-state index contributed by atoms with van der Waals surface area (Å²) in [6.07, 6.45) is 0. The average Bonchev–Trinajstić information content (AvgIpc) is 3.10. The Bertz CT molecular complexity index is 1070. The molecule has 1 aliphatic heterocycles. The third-order valence-electron chi connectivity index (χ3n) is 4.82. The minimum Gasteiger partial charge on any atom is -0.322 e. The number of amides is 2. The fourth-order valence-electron chi connectivity index (χ4n) is 3.37. The Morgan fingerprint density at radius 2 is 1.72 bits per heavy atom. The van der Waals surface area contributed by atoms with Crippen molar-refractivity contribution in [3.8, 4) is 0 Å². The van der Waals surface area contributed by atoms with Crippen LogP contribution >= 0.6 is 23.4 Å². The number of benzene rings is 3. The number of anilines is 2. The first kappa shape index (κ1) is 19.6. The molecule has 1 aliphatic rings. The van der Waals surface area contributed by atoms with Crippen LogP contribution in [0.2, 0.25) is 5.02 Å². The molecule has 0 bridgehead atoms. The van der Waals surface area contributed by atoms with Crippen LogP contribution in [0.15, 0.2) is 72.8 Å². The molecule has 1 atom stereocenters. The highest BCUT2D eigenvalue weighted by Gasteiger charge is 2.36. The van der Waals surface area contributed by atoms with Gasteiger partial charge in [0.2, 0.25) is 5.91 Å². The third-order valence-corrected chi connectivity index (χ3v) is 6.27. The van der Waals surface area contributed by atoms with Gasteiger partial charge in [-0.2, -0.15) is 0 Å². The maximum Gasteiger partial charge on any atom is 0.255 e. The smallest absolute Gasteiger partial charge is 0.255 e. The molecule has 6 heteroatoms. The summed E-state index contributed by atoms with van der Waals surface area (Å²) in [4.78, 5) is 27.3. The molecule has 1 heterocycles. The second kappa shape index (κ2) is 8.31. The lowest BCUT2D eigenvalue weighted by Gasteiger charge is -2.27. The van der Waals surface area contributed by atoms with Gasteiger partial charge in [-0.3, -0.25) is 14.5 Å². The number of thioether (sulfide) groups is 1. The number of para-hydroxylation sites is 2. The van der Waals surface area contributed by atoms with E-state index in [0.29, 0.717) is 22.0 Å². The molecule has 1 saturated heterocycles. The number of carbonyl (C=O) groups excluding carboxylic acids is 2. The quantitative estimate of drug-likeness (QED) is 0.588. The number of hydrogen-bond donors (Lipinski definition) is 1. The summed E-state index contributed by atoms with van der Waals surface area (Å²) in [6, 6.07) is 22.2. The molecule has 3 aromatic rings. The van der Waals surface area contributed by atoms with Crippen molar-refractivity contribution in [2.24, 2.45) is 0 Å². The summed E-state index contributed by atoms with van der Waals surface area (Å²) in [5, 5.41) is 3.37. The van der Waals surface area contributed by atoms with Crippen molar-refractivity contribution in [3.05, 3.63) is 94.5 Å². The molecule has 4 nitrogen and oxygen atoms in total. The van der Waals surface area contributed by atoms with E-state index in [1.165, 1.54) is 0 Å². The fraction of sp³-hybridized carbons (Fsp3) is 0.130. The van der Waals surface area contributed by atoms with E-state index in [0.717, 1.165) is 16.8 Å². The number of nitrogens with zero attached hydrogens (tertiary/aromatic N) is 1. The Labute approximate surface area is 178 Å². The summed E-state index contributed by atoms with van der Waals surface area (Å²) >= 11 is 7.48. The van der Waals surface area contributed by atoms with Gasteiger partial charge in [-0.1, -0.05) is 48.0 Å². The second-order valence-electron chi connectivity index (χ2n) is 6.76.